The number of rotatable bonds is 30. The van der Waals surface area contributed by atoms with Gasteiger partial charge in [0, 0.05) is 12.8 Å². The predicted molar refractivity (Wildman–Crippen MR) is 166 cm³/mol. The average molecular weight is 568 g/mol. The Hall–Kier alpha value is -1.59. The Morgan fingerprint density at radius 2 is 1.05 bits per heavy atom. The number of carbonyl (C=O) groups excluding carboxylic acids is 2. The number of carbonyl (C=O) groups is 3. The van der Waals surface area contributed by atoms with E-state index in [4.69, 9.17) is 9.84 Å². The van der Waals surface area contributed by atoms with Gasteiger partial charge in [-0.2, -0.15) is 0 Å². The van der Waals surface area contributed by atoms with E-state index in [1.54, 1.807) is 0 Å². The number of nitrogens with one attached hydrogen (secondary N) is 1. The van der Waals surface area contributed by atoms with Gasteiger partial charge in [0.15, 0.2) is 0 Å². The number of hydrogen-bond acceptors (Lipinski definition) is 4. The number of esters is 1. The Morgan fingerprint density at radius 1 is 0.600 bits per heavy atom. The van der Waals surface area contributed by atoms with E-state index in [0.29, 0.717) is 13.0 Å². The first-order chi connectivity index (χ1) is 19.4. The Labute approximate surface area is 247 Å². The number of carboxylic acids is 1. The number of hydrogen-bond donors (Lipinski definition) is 2. The molecule has 0 fully saturated rings. The molecule has 0 saturated heterocycles. The molecule has 236 valence electrons. The third kappa shape index (κ3) is 28.0. The summed E-state index contributed by atoms with van der Waals surface area (Å²) in [4.78, 5) is 35.9. The zero-order valence-electron chi connectivity index (χ0n) is 26.6. The molecule has 0 aliphatic rings. The minimum atomic E-state index is -0.979. The molecule has 0 aromatic rings. The summed E-state index contributed by atoms with van der Waals surface area (Å²) in [6, 6.07) is -0.878. The first-order valence-electron chi connectivity index (χ1n) is 17.0. The van der Waals surface area contributed by atoms with Crippen LogP contribution in [0, 0.1) is 5.92 Å². The molecule has 0 aromatic carbocycles. The molecule has 1 atom stereocenters. The number of ether oxygens (including phenoxy) is 1. The van der Waals surface area contributed by atoms with Crippen LogP contribution in [0.15, 0.2) is 0 Å². The molecule has 0 rings (SSSR count). The molecule has 0 bridgehead atoms. The summed E-state index contributed by atoms with van der Waals surface area (Å²) in [7, 11) is 0. The maximum absolute atomic E-state index is 12.5. The highest BCUT2D eigenvalue weighted by Crippen LogP contribution is 2.14. The van der Waals surface area contributed by atoms with Crippen molar-refractivity contribution in [3.63, 3.8) is 0 Å². The van der Waals surface area contributed by atoms with E-state index >= 15 is 0 Å². The van der Waals surface area contributed by atoms with Crippen LogP contribution in [0.1, 0.15) is 181 Å². The van der Waals surface area contributed by atoms with Gasteiger partial charge in [-0.25, -0.2) is 4.79 Å². The molecular weight excluding hydrogens is 502 g/mol. The number of carboxylic acid groups (broad SMARTS) is 1. The molecule has 0 radical (unpaired) electrons. The topological polar surface area (TPSA) is 92.7 Å². The van der Waals surface area contributed by atoms with E-state index in [1.165, 1.54) is 103 Å². The van der Waals surface area contributed by atoms with Crippen molar-refractivity contribution >= 4 is 17.8 Å². The number of aliphatic carboxylic acids is 1. The second-order valence-corrected chi connectivity index (χ2v) is 12.2. The lowest BCUT2D eigenvalue weighted by Crippen LogP contribution is -2.42. The van der Waals surface area contributed by atoms with Crippen LogP contribution >= 0.6 is 0 Å². The van der Waals surface area contributed by atoms with Crippen molar-refractivity contribution in [2.75, 3.05) is 6.61 Å². The third-order valence-electron chi connectivity index (χ3n) is 7.69. The van der Waals surface area contributed by atoms with Crippen molar-refractivity contribution in [2.45, 2.75) is 187 Å². The van der Waals surface area contributed by atoms with Crippen LogP contribution in [0.3, 0.4) is 0 Å². The van der Waals surface area contributed by atoms with Crippen LogP contribution in [0.5, 0.6) is 0 Å². The first-order valence-corrected chi connectivity index (χ1v) is 17.0. The fourth-order valence-electron chi connectivity index (χ4n) is 5.08. The monoisotopic (exact) mass is 567 g/mol. The van der Waals surface area contributed by atoms with Gasteiger partial charge in [0.2, 0.25) is 5.91 Å². The van der Waals surface area contributed by atoms with E-state index in [1.807, 2.05) is 0 Å². The molecule has 0 unspecified atom stereocenters. The summed E-state index contributed by atoms with van der Waals surface area (Å²) in [5.41, 5.74) is 0. The first kappa shape index (κ1) is 38.4. The van der Waals surface area contributed by atoms with Gasteiger partial charge in [-0.1, -0.05) is 149 Å². The molecule has 40 heavy (non-hydrogen) atoms. The van der Waals surface area contributed by atoms with E-state index in [0.717, 1.165) is 44.4 Å². The molecule has 0 heterocycles. The van der Waals surface area contributed by atoms with Gasteiger partial charge in [-0.3, -0.25) is 9.59 Å². The van der Waals surface area contributed by atoms with Gasteiger partial charge in [0.05, 0.1) is 6.61 Å². The summed E-state index contributed by atoms with van der Waals surface area (Å²) in [6.45, 7) is 7.15. The van der Waals surface area contributed by atoms with Crippen molar-refractivity contribution in [1.82, 2.24) is 5.32 Å². The normalized spacial score (nSPS) is 12.0. The fraction of sp³-hybridized carbons (Fsp3) is 0.912. The third-order valence-corrected chi connectivity index (χ3v) is 7.69. The highest BCUT2D eigenvalue weighted by Gasteiger charge is 2.23. The predicted octanol–water partition coefficient (Wildman–Crippen LogP) is 9.53. The summed E-state index contributed by atoms with van der Waals surface area (Å²) in [6.07, 6.45) is 27.1. The Morgan fingerprint density at radius 3 is 1.52 bits per heavy atom. The Bertz CT molecular complexity index is 607. The molecule has 6 heteroatoms. The lowest BCUT2D eigenvalue weighted by atomic mass is 10.0. The molecule has 0 aliphatic carbocycles. The van der Waals surface area contributed by atoms with E-state index < -0.39 is 18.0 Å². The molecule has 1 amide bonds. The van der Waals surface area contributed by atoms with Gasteiger partial charge < -0.3 is 15.2 Å². The molecule has 0 aliphatic heterocycles. The van der Waals surface area contributed by atoms with E-state index in [-0.39, 0.29) is 18.7 Å². The Balaban J connectivity index is 3.89. The zero-order valence-corrected chi connectivity index (χ0v) is 26.6. The van der Waals surface area contributed by atoms with Gasteiger partial charge >= 0.3 is 11.9 Å². The second kappa shape index (κ2) is 28.9. The number of amides is 1. The second-order valence-electron chi connectivity index (χ2n) is 12.2. The smallest absolute Gasteiger partial charge is 0.328 e. The van der Waals surface area contributed by atoms with Crippen molar-refractivity contribution in [3.8, 4) is 0 Å². The Kier molecular flexibility index (Phi) is 27.8. The standard InChI is InChI=1S/C34H65NO5/c1-4-5-6-7-8-9-14-17-20-23-26-32(36)35-31(27-28-33(37)38)34(39)40-29-24-21-18-15-12-10-11-13-16-19-22-25-30(2)3/h30-31H,4-29H2,1-3H3,(H,35,36)(H,37,38)/t31-/m0/s1. The van der Waals surface area contributed by atoms with Crippen LogP contribution in [0.25, 0.3) is 0 Å². The summed E-state index contributed by atoms with van der Waals surface area (Å²) in [5, 5.41) is 11.8. The van der Waals surface area contributed by atoms with Gasteiger partial charge in [0.25, 0.3) is 0 Å². The molecule has 0 aromatic heterocycles. The molecule has 0 spiro atoms. The van der Waals surface area contributed by atoms with Crippen molar-refractivity contribution in [2.24, 2.45) is 5.92 Å². The molecule has 2 N–H and O–H groups in total. The average Bonchev–Trinajstić information content (AvgIpc) is 2.91. The number of unbranched alkanes of at least 4 members (excludes halogenated alkanes) is 19. The lowest BCUT2D eigenvalue weighted by molar-refractivity contribution is -0.148. The summed E-state index contributed by atoms with van der Waals surface area (Å²) < 4.78 is 5.40. The fourth-order valence-corrected chi connectivity index (χ4v) is 5.08. The SMILES string of the molecule is CCCCCCCCCCCCC(=O)N[C@@H](CCC(=O)O)C(=O)OCCCCCCCCCCCCCC(C)C. The minimum Gasteiger partial charge on any atom is -0.481 e. The highest BCUT2D eigenvalue weighted by molar-refractivity contribution is 5.84. The quantitative estimate of drug-likeness (QED) is 0.0666. The zero-order chi connectivity index (χ0) is 29.7. The van der Waals surface area contributed by atoms with Gasteiger partial charge in [-0.05, 0) is 25.2 Å². The van der Waals surface area contributed by atoms with Crippen LogP contribution in [0.4, 0.5) is 0 Å². The molecule has 6 nitrogen and oxygen atoms in total. The lowest BCUT2D eigenvalue weighted by Gasteiger charge is -2.17. The minimum absolute atomic E-state index is 0.0651. The largest absolute Gasteiger partial charge is 0.481 e. The van der Waals surface area contributed by atoms with Crippen LogP contribution < -0.4 is 5.32 Å². The van der Waals surface area contributed by atoms with Crippen LogP contribution in [-0.2, 0) is 19.1 Å². The van der Waals surface area contributed by atoms with Gasteiger partial charge in [0.1, 0.15) is 6.04 Å². The summed E-state index contributed by atoms with van der Waals surface area (Å²) in [5.74, 6) is -0.854. The van der Waals surface area contributed by atoms with Gasteiger partial charge in [-0.15, -0.1) is 0 Å². The molecule has 0 saturated carbocycles. The van der Waals surface area contributed by atoms with Crippen molar-refractivity contribution in [1.29, 1.82) is 0 Å². The van der Waals surface area contributed by atoms with Crippen LogP contribution in [0.2, 0.25) is 0 Å². The maximum atomic E-state index is 12.5. The highest BCUT2D eigenvalue weighted by atomic mass is 16.5. The van der Waals surface area contributed by atoms with Crippen molar-refractivity contribution < 1.29 is 24.2 Å². The van der Waals surface area contributed by atoms with Crippen LogP contribution in [-0.4, -0.2) is 35.6 Å². The maximum Gasteiger partial charge on any atom is 0.328 e. The van der Waals surface area contributed by atoms with Crippen molar-refractivity contribution in [3.05, 3.63) is 0 Å². The summed E-state index contributed by atoms with van der Waals surface area (Å²) >= 11 is 0. The van der Waals surface area contributed by atoms with E-state index in [2.05, 4.69) is 26.1 Å². The molecular formula is C34H65NO5. The van der Waals surface area contributed by atoms with E-state index in [9.17, 15) is 14.4 Å².